The minimum atomic E-state index is -0.998. The van der Waals surface area contributed by atoms with Gasteiger partial charge in [0, 0.05) is 5.56 Å². The molecule has 2 N–H and O–H groups in total. The first kappa shape index (κ1) is 14.4. The van der Waals surface area contributed by atoms with Gasteiger partial charge < -0.3 is 10.4 Å². The fourth-order valence-electron chi connectivity index (χ4n) is 2.44. The summed E-state index contributed by atoms with van der Waals surface area (Å²) in [6, 6.07) is 3.40. The van der Waals surface area contributed by atoms with Crippen LogP contribution in [0.1, 0.15) is 31.2 Å². The lowest BCUT2D eigenvalue weighted by molar-refractivity contribution is -0.140. The topological polar surface area (TPSA) is 66.4 Å². The Morgan fingerprint density at radius 1 is 1.25 bits per heavy atom. The number of benzene rings is 1. The molecular formula is C14H15F2NO3. The number of carboxylic acids is 1. The van der Waals surface area contributed by atoms with Crippen molar-refractivity contribution < 1.29 is 23.5 Å². The summed E-state index contributed by atoms with van der Waals surface area (Å²) < 4.78 is 26.9. The van der Waals surface area contributed by atoms with Crippen LogP contribution in [0.4, 0.5) is 8.78 Å². The third-order valence-corrected chi connectivity index (χ3v) is 3.60. The summed E-state index contributed by atoms with van der Waals surface area (Å²) in [4.78, 5) is 22.7. The van der Waals surface area contributed by atoms with E-state index in [0.717, 1.165) is 18.6 Å². The fraction of sp³-hybridized carbons (Fsp3) is 0.429. The molecule has 0 atom stereocenters. The minimum absolute atomic E-state index is 0.168. The van der Waals surface area contributed by atoms with Crippen molar-refractivity contribution >= 4 is 11.9 Å². The number of nitrogens with one attached hydrogen (secondary N) is 1. The van der Waals surface area contributed by atoms with Gasteiger partial charge in [0.1, 0.15) is 11.6 Å². The monoisotopic (exact) mass is 283 g/mol. The van der Waals surface area contributed by atoms with Crippen LogP contribution in [-0.4, -0.2) is 22.5 Å². The van der Waals surface area contributed by atoms with Crippen LogP contribution in [0.5, 0.6) is 0 Å². The third kappa shape index (κ3) is 3.12. The second-order valence-corrected chi connectivity index (χ2v) is 5.13. The van der Waals surface area contributed by atoms with Crippen molar-refractivity contribution in [2.24, 2.45) is 0 Å². The summed E-state index contributed by atoms with van der Waals surface area (Å²) in [7, 11) is 0. The predicted molar refractivity (Wildman–Crippen MR) is 67.0 cm³/mol. The van der Waals surface area contributed by atoms with Crippen LogP contribution < -0.4 is 5.32 Å². The maximum Gasteiger partial charge on any atom is 0.305 e. The third-order valence-electron chi connectivity index (χ3n) is 3.60. The Hall–Kier alpha value is -1.98. The van der Waals surface area contributed by atoms with Crippen LogP contribution in [0.25, 0.3) is 0 Å². The number of carbonyl (C=O) groups is 2. The molecule has 1 aliphatic carbocycles. The quantitative estimate of drug-likeness (QED) is 0.868. The summed E-state index contributed by atoms with van der Waals surface area (Å²) in [5.41, 5.74) is -1.06. The zero-order valence-electron chi connectivity index (χ0n) is 10.8. The number of hydrogen-bond acceptors (Lipinski definition) is 2. The molecule has 1 aromatic carbocycles. The molecule has 0 aromatic heterocycles. The zero-order valence-corrected chi connectivity index (χ0v) is 10.8. The van der Waals surface area contributed by atoms with E-state index in [1.165, 1.54) is 6.07 Å². The molecule has 1 saturated carbocycles. The van der Waals surface area contributed by atoms with Gasteiger partial charge in [0.15, 0.2) is 0 Å². The van der Waals surface area contributed by atoms with Crippen molar-refractivity contribution in [1.29, 1.82) is 0 Å². The number of halogens is 2. The Balaban J connectivity index is 2.04. The highest BCUT2D eigenvalue weighted by molar-refractivity contribution is 5.80. The van der Waals surface area contributed by atoms with E-state index in [1.54, 1.807) is 0 Å². The Morgan fingerprint density at radius 3 is 2.30 bits per heavy atom. The van der Waals surface area contributed by atoms with E-state index in [-0.39, 0.29) is 12.0 Å². The highest BCUT2D eigenvalue weighted by atomic mass is 19.1. The van der Waals surface area contributed by atoms with Crippen molar-refractivity contribution in [2.75, 3.05) is 0 Å². The average Bonchev–Trinajstić information content (AvgIpc) is 2.30. The number of rotatable bonds is 5. The molecule has 1 fully saturated rings. The van der Waals surface area contributed by atoms with E-state index >= 15 is 0 Å². The zero-order chi connectivity index (χ0) is 14.8. The second kappa shape index (κ2) is 5.56. The number of amides is 1. The first-order valence-electron chi connectivity index (χ1n) is 6.38. The highest BCUT2D eigenvalue weighted by Crippen LogP contribution is 2.35. The van der Waals surface area contributed by atoms with Gasteiger partial charge in [-0.05, 0) is 31.4 Å². The molecule has 0 aliphatic heterocycles. The van der Waals surface area contributed by atoms with Crippen molar-refractivity contribution in [2.45, 2.75) is 37.6 Å². The van der Waals surface area contributed by atoms with Crippen molar-refractivity contribution in [1.82, 2.24) is 5.32 Å². The smallest absolute Gasteiger partial charge is 0.305 e. The Bertz CT molecular complexity index is 521. The number of carboxylic acid groups (broad SMARTS) is 1. The van der Waals surface area contributed by atoms with Crippen LogP contribution in [0.3, 0.4) is 0 Å². The normalized spacial score (nSPS) is 16.3. The SMILES string of the molecule is O=C(O)CC1(NC(=O)Cc2c(F)cccc2F)CCC1. The lowest BCUT2D eigenvalue weighted by Gasteiger charge is -2.41. The van der Waals surface area contributed by atoms with E-state index in [9.17, 15) is 18.4 Å². The van der Waals surface area contributed by atoms with Gasteiger partial charge in [-0.2, -0.15) is 0 Å². The molecule has 0 radical (unpaired) electrons. The van der Waals surface area contributed by atoms with E-state index in [0.29, 0.717) is 12.8 Å². The number of aliphatic carboxylic acids is 1. The molecule has 0 saturated heterocycles. The van der Waals surface area contributed by atoms with Crippen molar-refractivity contribution in [3.05, 3.63) is 35.4 Å². The van der Waals surface area contributed by atoms with Crippen LogP contribution in [-0.2, 0) is 16.0 Å². The first-order valence-corrected chi connectivity index (χ1v) is 6.38. The fourth-order valence-corrected chi connectivity index (χ4v) is 2.44. The molecule has 0 spiro atoms. The van der Waals surface area contributed by atoms with Crippen molar-refractivity contribution in [3.63, 3.8) is 0 Å². The van der Waals surface area contributed by atoms with E-state index < -0.39 is 35.5 Å². The maximum absolute atomic E-state index is 13.4. The van der Waals surface area contributed by atoms with Crippen LogP contribution in [0.2, 0.25) is 0 Å². The summed E-state index contributed by atoms with van der Waals surface area (Å²) >= 11 is 0. The standard InChI is InChI=1S/C14H15F2NO3/c15-10-3-1-4-11(16)9(10)7-12(18)17-14(5-2-6-14)8-13(19)20/h1,3-4H,2,5-8H2,(H,17,18)(H,19,20). The predicted octanol–water partition coefficient (Wildman–Crippen LogP) is 2.02. The lowest BCUT2D eigenvalue weighted by Crippen LogP contribution is -2.55. The van der Waals surface area contributed by atoms with Gasteiger partial charge in [-0.1, -0.05) is 6.07 Å². The molecule has 4 nitrogen and oxygen atoms in total. The van der Waals surface area contributed by atoms with Gasteiger partial charge >= 0.3 is 5.97 Å². The molecule has 0 heterocycles. The summed E-state index contributed by atoms with van der Waals surface area (Å²) in [6.45, 7) is 0. The van der Waals surface area contributed by atoms with Gasteiger partial charge in [-0.25, -0.2) is 8.78 Å². The Labute approximate surface area is 114 Å². The van der Waals surface area contributed by atoms with Gasteiger partial charge in [0.2, 0.25) is 5.91 Å². The summed E-state index contributed by atoms with van der Waals surface area (Å²) in [6.07, 6.45) is 1.38. The molecule has 108 valence electrons. The van der Waals surface area contributed by atoms with Gasteiger partial charge in [0.25, 0.3) is 0 Å². The molecule has 20 heavy (non-hydrogen) atoms. The maximum atomic E-state index is 13.4. The minimum Gasteiger partial charge on any atom is -0.481 e. The van der Waals surface area contributed by atoms with Crippen LogP contribution in [0, 0.1) is 11.6 Å². The van der Waals surface area contributed by atoms with Crippen LogP contribution in [0.15, 0.2) is 18.2 Å². The molecular weight excluding hydrogens is 268 g/mol. The summed E-state index contributed by atoms with van der Waals surface area (Å²) in [5.74, 6) is -3.11. The molecule has 6 heteroatoms. The average molecular weight is 283 g/mol. The number of hydrogen-bond donors (Lipinski definition) is 2. The Kier molecular flexibility index (Phi) is 4.01. The summed E-state index contributed by atoms with van der Waals surface area (Å²) in [5, 5.41) is 11.4. The molecule has 0 unspecified atom stereocenters. The van der Waals surface area contributed by atoms with E-state index in [4.69, 9.17) is 5.11 Å². The molecule has 1 aromatic rings. The largest absolute Gasteiger partial charge is 0.481 e. The van der Waals surface area contributed by atoms with Gasteiger partial charge in [0.05, 0.1) is 18.4 Å². The second-order valence-electron chi connectivity index (χ2n) is 5.13. The van der Waals surface area contributed by atoms with E-state index in [1.807, 2.05) is 0 Å². The van der Waals surface area contributed by atoms with E-state index in [2.05, 4.69) is 5.32 Å². The van der Waals surface area contributed by atoms with Crippen molar-refractivity contribution in [3.8, 4) is 0 Å². The van der Waals surface area contributed by atoms with Gasteiger partial charge in [-0.15, -0.1) is 0 Å². The molecule has 1 amide bonds. The highest BCUT2D eigenvalue weighted by Gasteiger charge is 2.40. The van der Waals surface area contributed by atoms with Gasteiger partial charge in [-0.3, -0.25) is 9.59 Å². The molecule has 2 rings (SSSR count). The Morgan fingerprint density at radius 2 is 1.85 bits per heavy atom. The first-order chi connectivity index (χ1) is 9.42. The molecule has 1 aliphatic rings. The number of carbonyl (C=O) groups excluding carboxylic acids is 1. The molecule has 0 bridgehead atoms. The lowest BCUT2D eigenvalue weighted by atomic mass is 9.74. The van der Waals surface area contributed by atoms with Crippen LogP contribution >= 0.6 is 0 Å².